The molecule has 3 rings (SSSR count). The number of aromatic amines is 1. The van der Waals surface area contributed by atoms with Crippen molar-refractivity contribution in [1.82, 2.24) is 20.0 Å². The van der Waals surface area contributed by atoms with Crippen molar-refractivity contribution in [3.63, 3.8) is 0 Å². The Bertz CT molecular complexity index is 993. The fourth-order valence-corrected chi connectivity index (χ4v) is 2.83. The van der Waals surface area contributed by atoms with E-state index in [0.717, 1.165) is 12.1 Å². The molecule has 10 heteroatoms. The van der Waals surface area contributed by atoms with Crippen LogP contribution >= 0.6 is 11.6 Å². The molecular weight excluding hydrogens is 383 g/mol. The van der Waals surface area contributed by atoms with E-state index in [9.17, 15) is 18.0 Å². The Morgan fingerprint density at radius 3 is 2.70 bits per heavy atom. The molecule has 2 N–H and O–H groups in total. The number of aromatic nitrogens is 4. The average Bonchev–Trinajstić information content (AvgIpc) is 3.13. The molecule has 0 aliphatic carbocycles. The summed E-state index contributed by atoms with van der Waals surface area (Å²) < 4.78 is 40.2. The number of halogens is 4. The van der Waals surface area contributed by atoms with Gasteiger partial charge in [0.25, 0.3) is 5.91 Å². The molecular formula is C17H15ClF3N5O. The number of anilines is 1. The topological polar surface area (TPSA) is 75.6 Å². The zero-order valence-corrected chi connectivity index (χ0v) is 15.1. The van der Waals surface area contributed by atoms with Gasteiger partial charge in [-0.25, -0.2) is 0 Å². The van der Waals surface area contributed by atoms with Gasteiger partial charge in [-0.3, -0.25) is 14.6 Å². The normalized spacial score (nSPS) is 11.6. The molecule has 1 aromatic carbocycles. The minimum absolute atomic E-state index is 0.112. The lowest BCUT2D eigenvalue weighted by Crippen LogP contribution is -2.14. The minimum atomic E-state index is -4.41. The van der Waals surface area contributed by atoms with Crippen LogP contribution in [0.3, 0.4) is 0 Å². The highest BCUT2D eigenvalue weighted by Gasteiger charge is 2.30. The van der Waals surface area contributed by atoms with E-state index in [2.05, 4.69) is 20.6 Å². The molecule has 0 saturated carbocycles. The van der Waals surface area contributed by atoms with E-state index in [1.54, 1.807) is 19.9 Å². The number of hydrogen-bond donors (Lipinski definition) is 2. The van der Waals surface area contributed by atoms with Gasteiger partial charge < -0.3 is 5.32 Å². The fraction of sp³-hybridized carbons (Fsp3) is 0.235. The molecule has 1 amide bonds. The lowest BCUT2D eigenvalue weighted by molar-refractivity contribution is -0.137. The van der Waals surface area contributed by atoms with Crippen LogP contribution in [0.5, 0.6) is 0 Å². The van der Waals surface area contributed by atoms with Crippen molar-refractivity contribution < 1.29 is 18.0 Å². The Kier molecular flexibility index (Phi) is 4.97. The number of aryl methyl sites for hydroxylation is 1. The van der Waals surface area contributed by atoms with Gasteiger partial charge in [-0.2, -0.15) is 23.4 Å². The standard InChI is InChI=1S/C17H15ClF3N5O/c1-9-14(23-16(27)15-13(18)7-22-24-15)10(2)26(25-9)8-11-4-3-5-12(6-11)17(19,20)21/h3-7H,8H2,1-2H3,(H,22,24)(H,23,27). The zero-order valence-electron chi connectivity index (χ0n) is 14.4. The maximum Gasteiger partial charge on any atom is 0.416 e. The highest BCUT2D eigenvalue weighted by atomic mass is 35.5. The molecule has 27 heavy (non-hydrogen) atoms. The summed E-state index contributed by atoms with van der Waals surface area (Å²) in [7, 11) is 0. The van der Waals surface area contributed by atoms with Crippen LogP contribution in [0.2, 0.25) is 5.02 Å². The Morgan fingerprint density at radius 1 is 1.33 bits per heavy atom. The molecule has 0 unspecified atom stereocenters. The minimum Gasteiger partial charge on any atom is -0.317 e. The van der Waals surface area contributed by atoms with Crippen LogP contribution in [0.1, 0.15) is 33.0 Å². The van der Waals surface area contributed by atoms with Gasteiger partial charge in [0.05, 0.1) is 40.4 Å². The number of amides is 1. The highest BCUT2D eigenvalue weighted by molar-refractivity contribution is 6.34. The summed E-state index contributed by atoms with van der Waals surface area (Å²) in [4.78, 5) is 12.3. The zero-order chi connectivity index (χ0) is 19.8. The van der Waals surface area contributed by atoms with Crippen LogP contribution in [-0.4, -0.2) is 25.9 Å². The predicted molar refractivity (Wildman–Crippen MR) is 93.8 cm³/mol. The van der Waals surface area contributed by atoms with Gasteiger partial charge in [0.2, 0.25) is 0 Å². The highest BCUT2D eigenvalue weighted by Crippen LogP contribution is 2.30. The molecule has 6 nitrogen and oxygen atoms in total. The van der Waals surface area contributed by atoms with Gasteiger partial charge >= 0.3 is 6.18 Å². The van der Waals surface area contributed by atoms with Gasteiger partial charge in [-0.05, 0) is 31.5 Å². The van der Waals surface area contributed by atoms with Gasteiger partial charge in [0.15, 0.2) is 0 Å². The first-order valence-corrected chi connectivity index (χ1v) is 8.25. The van der Waals surface area contributed by atoms with E-state index in [0.29, 0.717) is 22.6 Å². The van der Waals surface area contributed by atoms with Crippen molar-refractivity contribution in [2.45, 2.75) is 26.6 Å². The SMILES string of the molecule is Cc1nn(Cc2cccc(C(F)(F)F)c2)c(C)c1NC(=O)c1[nH]ncc1Cl. The molecule has 2 heterocycles. The summed E-state index contributed by atoms with van der Waals surface area (Å²) in [5.41, 5.74) is 1.45. The number of alkyl halides is 3. The van der Waals surface area contributed by atoms with E-state index in [1.807, 2.05) is 0 Å². The summed E-state index contributed by atoms with van der Waals surface area (Å²) >= 11 is 5.88. The summed E-state index contributed by atoms with van der Waals surface area (Å²) in [5.74, 6) is -0.484. The second kappa shape index (κ2) is 7.07. The Labute approximate surface area is 157 Å². The van der Waals surface area contributed by atoms with E-state index in [4.69, 9.17) is 11.6 Å². The van der Waals surface area contributed by atoms with Gasteiger partial charge in [0, 0.05) is 0 Å². The van der Waals surface area contributed by atoms with Crippen molar-refractivity contribution in [2.75, 3.05) is 5.32 Å². The third-order valence-electron chi connectivity index (χ3n) is 4.03. The monoisotopic (exact) mass is 397 g/mol. The quantitative estimate of drug-likeness (QED) is 0.693. The molecule has 142 valence electrons. The molecule has 2 aromatic heterocycles. The van der Waals surface area contributed by atoms with E-state index >= 15 is 0 Å². The van der Waals surface area contributed by atoms with Crippen molar-refractivity contribution in [3.05, 3.63) is 63.7 Å². The summed E-state index contributed by atoms with van der Waals surface area (Å²) in [5, 5.41) is 13.4. The van der Waals surface area contributed by atoms with Crippen molar-refractivity contribution in [1.29, 1.82) is 0 Å². The Morgan fingerprint density at radius 2 is 2.07 bits per heavy atom. The molecule has 0 saturated heterocycles. The van der Waals surface area contributed by atoms with Gasteiger partial charge in [-0.15, -0.1) is 0 Å². The van der Waals surface area contributed by atoms with Crippen LogP contribution in [0.15, 0.2) is 30.5 Å². The summed E-state index contributed by atoms with van der Waals surface area (Å²) in [6.07, 6.45) is -3.10. The third kappa shape index (κ3) is 3.97. The van der Waals surface area contributed by atoms with Crippen molar-refractivity contribution in [3.8, 4) is 0 Å². The first-order valence-electron chi connectivity index (χ1n) is 7.87. The fourth-order valence-electron chi connectivity index (χ4n) is 2.66. The maximum atomic E-state index is 12.9. The van der Waals surface area contributed by atoms with Gasteiger partial charge in [0.1, 0.15) is 5.69 Å². The smallest absolute Gasteiger partial charge is 0.317 e. The van der Waals surface area contributed by atoms with Gasteiger partial charge in [-0.1, -0.05) is 23.7 Å². The molecule has 0 radical (unpaired) electrons. The molecule has 0 aliphatic heterocycles. The number of nitrogens with zero attached hydrogens (tertiary/aromatic N) is 3. The van der Waals surface area contributed by atoms with Crippen LogP contribution in [0.25, 0.3) is 0 Å². The number of H-pyrrole nitrogens is 1. The van der Waals surface area contributed by atoms with Crippen molar-refractivity contribution >= 4 is 23.2 Å². The lowest BCUT2D eigenvalue weighted by Gasteiger charge is -2.10. The van der Waals surface area contributed by atoms with Crippen molar-refractivity contribution in [2.24, 2.45) is 0 Å². The number of carbonyl (C=O) groups excluding carboxylic acids is 1. The second-order valence-electron chi connectivity index (χ2n) is 5.95. The molecule has 3 aromatic rings. The van der Waals surface area contributed by atoms with E-state index < -0.39 is 17.6 Å². The van der Waals surface area contributed by atoms with Crippen LogP contribution < -0.4 is 5.32 Å². The molecule has 0 spiro atoms. The van der Waals surface area contributed by atoms with Crippen LogP contribution in [-0.2, 0) is 12.7 Å². The lowest BCUT2D eigenvalue weighted by atomic mass is 10.1. The predicted octanol–water partition coefficient (Wildman–Crippen LogP) is 4.20. The Hall–Kier alpha value is -2.81. The average molecular weight is 398 g/mol. The number of hydrogen-bond acceptors (Lipinski definition) is 3. The molecule has 0 aliphatic rings. The molecule has 0 fully saturated rings. The summed E-state index contributed by atoms with van der Waals surface area (Å²) in [6, 6.07) is 5.05. The second-order valence-corrected chi connectivity index (χ2v) is 6.36. The number of nitrogens with one attached hydrogen (secondary N) is 2. The van der Waals surface area contributed by atoms with E-state index in [-0.39, 0.29) is 17.3 Å². The molecule has 0 bridgehead atoms. The number of carbonyl (C=O) groups is 1. The Balaban J connectivity index is 1.84. The largest absolute Gasteiger partial charge is 0.416 e. The number of benzene rings is 1. The number of rotatable bonds is 4. The first kappa shape index (κ1) is 19.0. The maximum absolute atomic E-state index is 12.9. The third-order valence-corrected chi connectivity index (χ3v) is 4.31. The van der Waals surface area contributed by atoms with Crippen LogP contribution in [0, 0.1) is 13.8 Å². The first-order chi connectivity index (χ1) is 12.7. The van der Waals surface area contributed by atoms with E-state index in [1.165, 1.54) is 16.9 Å². The summed E-state index contributed by atoms with van der Waals surface area (Å²) in [6.45, 7) is 3.55. The molecule has 0 atom stereocenters. The van der Waals surface area contributed by atoms with Crippen LogP contribution in [0.4, 0.5) is 18.9 Å².